The summed E-state index contributed by atoms with van der Waals surface area (Å²) >= 11 is 0. The number of anilines is 1. The summed E-state index contributed by atoms with van der Waals surface area (Å²) in [6, 6.07) is 4.56. The average molecular weight is 252 g/mol. The second-order valence-electron chi connectivity index (χ2n) is 3.29. The molecule has 1 aliphatic heterocycles. The molecule has 0 atom stereocenters. The van der Waals surface area contributed by atoms with Crippen LogP contribution in [0.2, 0.25) is 0 Å². The van der Waals surface area contributed by atoms with E-state index in [2.05, 4.69) is 0 Å². The Bertz CT molecular complexity index is 597. The number of carbonyl (C=O) groups is 2. The molecule has 0 N–H and O–H groups in total. The standard InChI is InChI=1S/C10H7NO5S/c12-9-5-6-10(13)11(9)7-1-3-8(4-2-7)17(14,15)16/h1-6H,(H,14,15,16)/p-1. The maximum Gasteiger partial charge on any atom is 0.258 e. The zero-order valence-electron chi connectivity index (χ0n) is 8.36. The Morgan fingerprint density at radius 1 is 0.941 bits per heavy atom. The fourth-order valence-corrected chi connectivity index (χ4v) is 1.89. The maximum atomic E-state index is 11.3. The summed E-state index contributed by atoms with van der Waals surface area (Å²) in [6.45, 7) is 0. The summed E-state index contributed by atoms with van der Waals surface area (Å²) < 4.78 is 32.0. The van der Waals surface area contributed by atoms with E-state index < -0.39 is 26.8 Å². The first-order chi connectivity index (χ1) is 7.89. The highest BCUT2D eigenvalue weighted by Gasteiger charge is 2.24. The smallest absolute Gasteiger partial charge is 0.258 e. The minimum absolute atomic E-state index is 0.220. The highest BCUT2D eigenvalue weighted by Crippen LogP contribution is 2.20. The molecule has 7 heteroatoms. The van der Waals surface area contributed by atoms with Crippen molar-refractivity contribution < 1.29 is 22.6 Å². The zero-order chi connectivity index (χ0) is 12.6. The van der Waals surface area contributed by atoms with Gasteiger partial charge < -0.3 is 4.55 Å². The number of carbonyl (C=O) groups excluding carboxylic acids is 2. The van der Waals surface area contributed by atoms with Crippen LogP contribution in [0.1, 0.15) is 0 Å². The molecule has 17 heavy (non-hydrogen) atoms. The molecular formula is C10H6NO5S-. The number of hydrogen-bond acceptors (Lipinski definition) is 5. The molecule has 1 heterocycles. The van der Waals surface area contributed by atoms with Crippen LogP contribution >= 0.6 is 0 Å². The molecule has 0 fully saturated rings. The topological polar surface area (TPSA) is 94.6 Å². The number of amides is 2. The van der Waals surface area contributed by atoms with Gasteiger partial charge in [0.05, 0.1) is 10.6 Å². The minimum Gasteiger partial charge on any atom is -0.744 e. The SMILES string of the molecule is O=C1C=CC(=O)N1c1ccc(S(=O)(=O)[O-])cc1. The van der Waals surface area contributed by atoms with Gasteiger partial charge in [-0.05, 0) is 24.3 Å². The summed E-state index contributed by atoms with van der Waals surface area (Å²) in [5.74, 6) is -1.01. The molecule has 2 amide bonds. The Morgan fingerprint density at radius 2 is 1.41 bits per heavy atom. The van der Waals surface area contributed by atoms with Crippen LogP contribution in [-0.2, 0) is 19.7 Å². The molecule has 1 aromatic rings. The highest BCUT2D eigenvalue weighted by atomic mass is 32.2. The average Bonchev–Trinajstić information content (AvgIpc) is 2.58. The third-order valence-electron chi connectivity index (χ3n) is 2.19. The van der Waals surface area contributed by atoms with E-state index in [0.717, 1.165) is 29.2 Å². The molecule has 0 unspecified atom stereocenters. The van der Waals surface area contributed by atoms with Crippen LogP contribution in [0.5, 0.6) is 0 Å². The van der Waals surface area contributed by atoms with Gasteiger partial charge in [-0.25, -0.2) is 13.3 Å². The second kappa shape index (κ2) is 3.79. The number of imide groups is 1. The first kappa shape index (κ1) is 11.5. The molecule has 1 aliphatic rings. The lowest BCUT2D eigenvalue weighted by Crippen LogP contribution is -2.29. The highest BCUT2D eigenvalue weighted by molar-refractivity contribution is 7.85. The van der Waals surface area contributed by atoms with Gasteiger partial charge >= 0.3 is 0 Å². The third-order valence-corrected chi connectivity index (χ3v) is 3.04. The summed E-state index contributed by atoms with van der Waals surface area (Å²) in [6.07, 6.45) is 2.22. The van der Waals surface area contributed by atoms with Crippen LogP contribution in [-0.4, -0.2) is 24.8 Å². The molecule has 1 aromatic carbocycles. The lowest BCUT2D eigenvalue weighted by molar-refractivity contribution is -0.119. The van der Waals surface area contributed by atoms with Crippen molar-refractivity contribution in [2.45, 2.75) is 4.90 Å². The van der Waals surface area contributed by atoms with Gasteiger partial charge in [-0.2, -0.15) is 0 Å². The molecule has 6 nitrogen and oxygen atoms in total. The number of rotatable bonds is 2. The molecule has 0 radical (unpaired) electrons. The van der Waals surface area contributed by atoms with E-state index in [1.165, 1.54) is 12.1 Å². The molecule has 0 saturated heterocycles. The normalized spacial score (nSPS) is 15.7. The Hall–Kier alpha value is -1.99. The monoisotopic (exact) mass is 252 g/mol. The van der Waals surface area contributed by atoms with E-state index >= 15 is 0 Å². The third kappa shape index (κ3) is 2.10. The predicted octanol–water partition coefficient (Wildman–Crippen LogP) is 0.0201. The maximum absolute atomic E-state index is 11.3. The molecule has 0 bridgehead atoms. The zero-order valence-corrected chi connectivity index (χ0v) is 9.18. The largest absolute Gasteiger partial charge is 0.744 e. The van der Waals surface area contributed by atoms with E-state index in [0.29, 0.717) is 0 Å². The molecular weight excluding hydrogens is 246 g/mol. The van der Waals surface area contributed by atoms with E-state index in [4.69, 9.17) is 0 Å². The molecule has 2 rings (SSSR count). The summed E-state index contributed by atoms with van der Waals surface area (Å²) in [5.41, 5.74) is 0.220. The lowest BCUT2D eigenvalue weighted by Gasteiger charge is -2.14. The molecule has 0 aliphatic carbocycles. The van der Waals surface area contributed by atoms with Gasteiger partial charge in [0.2, 0.25) is 0 Å². The number of hydrogen-bond donors (Lipinski definition) is 0. The Balaban J connectivity index is 2.37. The number of benzene rings is 1. The van der Waals surface area contributed by atoms with Crippen molar-refractivity contribution in [2.75, 3.05) is 4.90 Å². The summed E-state index contributed by atoms with van der Waals surface area (Å²) in [7, 11) is -4.52. The Morgan fingerprint density at radius 3 is 1.82 bits per heavy atom. The Labute approximate surface area is 96.9 Å². The van der Waals surface area contributed by atoms with Crippen LogP contribution < -0.4 is 4.90 Å². The van der Waals surface area contributed by atoms with Crippen molar-refractivity contribution in [1.82, 2.24) is 0 Å². The van der Waals surface area contributed by atoms with Crippen molar-refractivity contribution in [3.63, 3.8) is 0 Å². The fourth-order valence-electron chi connectivity index (χ4n) is 1.42. The molecule has 0 aromatic heterocycles. The first-order valence-electron chi connectivity index (χ1n) is 4.52. The van der Waals surface area contributed by atoms with Gasteiger partial charge in [0.1, 0.15) is 10.1 Å². The van der Waals surface area contributed by atoms with E-state index in [1.807, 2.05) is 0 Å². The van der Waals surface area contributed by atoms with Crippen LogP contribution in [0.15, 0.2) is 41.3 Å². The minimum atomic E-state index is -4.52. The van der Waals surface area contributed by atoms with Crippen molar-refractivity contribution in [3.8, 4) is 0 Å². The van der Waals surface area contributed by atoms with Gasteiger partial charge in [-0.15, -0.1) is 0 Å². The lowest BCUT2D eigenvalue weighted by atomic mass is 10.3. The summed E-state index contributed by atoms with van der Waals surface area (Å²) in [4.78, 5) is 23.1. The number of nitrogens with zero attached hydrogens (tertiary/aromatic N) is 1. The van der Waals surface area contributed by atoms with Crippen LogP contribution in [0.25, 0.3) is 0 Å². The Kier molecular flexibility index (Phi) is 2.56. The summed E-state index contributed by atoms with van der Waals surface area (Å²) in [5, 5.41) is 0. The van der Waals surface area contributed by atoms with Crippen LogP contribution in [0.4, 0.5) is 5.69 Å². The quantitative estimate of drug-likeness (QED) is 0.546. The predicted molar refractivity (Wildman–Crippen MR) is 56.0 cm³/mol. The fraction of sp³-hybridized carbons (Fsp3) is 0. The second-order valence-corrected chi connectivity index (χ2v) is 4.67. The molecule has 0 saturated carbocycles. The van der Waals surface area contributed by atoms with Gasteiger partial charge in [-0.3, -0.25) is 9.59 Å². The van der Waals surface area contributed by atoms with Crippen molar-refractivity contribution >= 4 is 27.6 Å². The van der Waals surface area contributed by atoms with Crippen LogP contribution in [0, 0.1) is 0 Å². The van der Waals surface area contributed by atoms with E-state index in [-0.39, 0.29) is 5.69 Å². The van der Waals surface area contributed by atoms with Gasteiger partial charge in [0.25, 0.3) is 11.8 Å². The molecule has 88 valence electrons. The van der Waals surface area contributed by atoms with Crippen molar-refractivity contribution in [1.29, 1.82) is 0 Å². The van der Waals surface area contributed by atoms with E-state index in [9.17, 15) is 22.6 Å². The van der Waals surface area contributed by atoms with Crippen molar-refractivity contribution in [3.05, 3.63) is 36.4 Å². The van der Waals surface area contributed by atoms with E-state index in [1.54, 1.807) is 0 Å². The van der Waals surface area contributed by atoms with Crippen LogP contribution in [0.3, 0.4) is 0 Å². The molecule has 0 spiro atoms. The van der Waals surface area contributed by atoms with Gasteiger partial charge in [0.15, 0.2) is 0 Å². The van der Waals surface area contributed by atoms with Crippen molar-refractivity contribution in [2.24, 2.45) is 0 Å². The first-order valence-corrected chi connectivity index (χ1v) is 5.92. The van der Waals surface area contributed by atoms with Gasteiger partial charge in [-0.1, -0.05) is 0 Å². The van der Waals surface area contributed by atoms with Gasteiger partial charge in [0, 0.05) is 12.2 Å².